The SMILES string of the molecule is [N-]=[N+]=NCCC(O)C(O)c1ccc(N)cc1[N+](=O)[O-]. The number of anilines is 1. The summed E-state index contributed by atoms with van der Waals surface area (Å²) in [5.41, 5.74) is 13.3. The van der Waals surface area contributed by atoms with Gasteiger partial charge >= 0.3 is 0 Å². The number of azide groups is 1. The molecule has 19 heavy (non-hydrogen) atoms. The van der Waals surface area contributed by atoms with Crippen molar-refractivity contribution >= 4 is 11.4 Å². The van der Waals surface area contributed by atoms with Crippen LogP contribution in [0.15, 0.2) is 23.3 Å². The molecular weight excluding hydrogens is 254 g/mol. The molecule has 0 aromatic heterocycles. The lowest BCUT2D eigenvalue weighted by Gasteiger charge is -2.17. The third-order valence-electron chi connectivity index (χ3n) is 2.52. The van der Waals surface area contributed by atoms with Gasteiger partial charge in [0.2, 0.25) is 0 Å². The number of hydrogen-bond donors (Lipinski definition) is 3. The molecule has 0 saturated heterocycles. The maximum atomic E-state index is 10.9. The van der Waals surface area contributed by atoms with Gasteiger partial charge in [-0.2, -0.15) is 0 Å². The molecule has 0 radical (unpaired) electrons. The van der Waals surface area contributed by atoms with E-state index in [4.69, 9.17) is 11.3 Å². The minimum Gasteiger partial charge on any atom is -0.399 e. The highest BCUT2D eigenvalue weighted by atomic mass is 16.6. The van der Waals surface area contributed by atoms with Crippen molar-refractivity contribution in [1.82, 2.24) is 0 Å². The van der Waals surface area contributed by atoms with E-state index in [9.17, 15) is 20.3 Å². The second-order valence-corrected chi connectivity index (χ2v) is 3.83. The van der Waals surface area contributed by atoms with Crippen molar-refractivity contribution in [2.75, 3.05) is 12.3 Å². The van der Waals surface area contributed by atoms with Crippen molar-refractivity contribution in [2.24, 2.45) is 5.11 Å². The molecule has 102 valence electrons. The average Bonchev–Trinajstić information content (AvgIpc) is 2.38. The lowest BCUT2D eigenvalue weighted by Crippen LogP contribution is -2.20. The van der Waals surface area contributed by atoms with E-state index in [0.717, 1.165) is 6.07 Å². The minimum absolute atomic E-state index is 0.00719. The first-order valence-electron chi connectivity index (χ1n) is 5.38. The summed E-state index contributed by atoms with van der Waals surface area (Å²) in [5.74, 6) is 0. The summed E-state index contributed by atoms with van der Waals surface area (Å²) >= 11 is 0. The van der Waals surface area contributed by atoms with Crippen molar-refractivity contribution in [3.05, 3.63) is 44.3 Å². The van der Waals surface area contributed by atoms with Gasteiger partial charge in [0, 0.05) is 23.2 Å². The monoisotopic (exact) mass is 267 g/mol. The Hall–Kier alpha value is -2.35. The van der Waals surface area contributed by atoms with E-state index >= 15 is 0 Å². The van der Waals surface area contributed by atoms with Crippen LogP contribution in [0.3, 0.4) is 0 Å². The number of nitro benzene ring substituents is 1. The molecule has 0 aliphatic heterocycles. The van der Waals surface area contributed by atoms with Gasteiger partial charge in [-0.05, 0) is 24.1 Å². The zero-order chi connectivity index (χ0) is 14.4. The summed E-state index contributed by atoms with van der Waals surface area (Å²) in [6.07, 6.45) is -2.73. The predicted molar refractivity (Wildman–Crippen MR) is 67.1 cm³/mol. The zero-order valence-electron chi connectivity index (χ0n) is 9.88. The Bertz CT molecular complexity index is 515. The highest BCUT2D eigenvalue weighted by Gasteiger charge is 2.26. The fourth-order valence-electron chi connectivity index (χ4n) is 1.57. The molecule has 4 N–H and O–H groups in total. The molecule has 0 heterocycles. The smallest absolute Gasteiger partial charge is 0.277 e. The van der Waals surface area contributed by atoms with E-state index < -0.39 is 17.1 Å². The number of hydrogen-bond acceptors (Lipinski definition) is 6. The number of aliphatic hydroxyl groups excluding tert-OH is 2. The van der Waals surface area contributed by atoms with E-state index in [1.807, 2.05) is 0 Å². The quantitative estimate of drug-likeness (QED) is 0.176. The molecule has 2 unspecified atom stereocenters. The van der Waals surface area contributed by atoms with Crippen molar-refractivity contribution < 1.29 is 15.1 Å². The van der Waals surface area contributed by atoms with Crippen LogP contribution in [-0.2, 0) is 0 Å². The van der Waals surface area contributed by atoms with Gasteiger partial charge in [0.25, 0.3) is 5.69 Å². The van der Waals surface area contributed by atoms with Crippen molar-refractivity contribution in [3.8, 4) is 0 Å². The molecule has 1 rings (SSSR count). The number of nitrogens with zero attached hydrogens (tertiary/aromatic N) is 4. The minimum atomic E-state index is -1.45. The van der Waals surface area contributed by atoms with Gasteiger partial charge in [-0.15, -0.1) is 0 Å². The molecule has 1 aromatic carbocycles. The maximum absolute atomic E-state index is 10.9. The summed E-state index contributed by atoms with van der Waals surface area (Å²) in [6.45, 7) is -0.0164. The van der Waals surface area contributed by atoms with E-state index in [-0.39, 0.29) is 29.9 Å². The van der Waals surface area contributed by atoms with E-state index in [1.165, 1.54) is 12.1 Å². The van der Waals surface area contributed by atoms with Gasteiger partial charge < -0.3 is 15.9 Å². The second-order valence-electron chi connectivity index (χ2n) is 3.83. The fraction of sp³-hybridized carbons (Fsp3) is 0.400. The normalized spacial score (nSPS) is 13.4. The molecule has 0 amide bonds. The number of rotatable bonds is 6. The summed E-state index contributed by atoms with van der Waals surface area (Å²) in [4.78, 5) is 12.7. The van der Waals surface area contributed by atoms with Gasteiger partial charge in [-0.25, -0.2) is 0 Å². The van der Waals surface area contributed by atoms with Crippen LogP contribution in [0.4, 0.5) is 11.4 Å². The first-order chi connectivity index (χ1) is 8.97. The molecule has 0 aliphatic rings. The second kappa shape index (κ2) is 6.55. The molecule has 9 nitrogen and oxygen atoms in total. The average molecular weight is 267 g/mol. The van der Waals surface area contributed by atoms with Gasteiger partial charge in [0.1, 0.15) is 6.10 Å². The summed E-state index contributed by atoms with van der Waals surface area (Å²) in [5, 5.41) is 33.6. The summed E-state index contributed by atoms with van der Waals surface area (Å²) in [7, 11) is 0. The number of nitro groups is 1. The van der Waals surface area contributed by atoms with Crippen LogP contribution in [-0.4, -0.2) is 27.8 Å². The van der Waals surface area contributed by atoms with Crippen LogP contribution < -0.4 is 5.73 Å². The summed E-state index contributed by atoms with van der Waals surface area (Å²) < 4.78 is 0. The zero-order valence-corrected chi connectivity index (χ0v) is 9.88. The number of benzene rings is 1. The standard InChI is InChI=1S/C10H13N5O4/c11-6-1-2-7(8(5-6)15(18)19)10(17)9(16)3-4-13-14-12/h1-2,5,9-10,16-17H,3-4,11H2. The number of nitrogens with two attached hydrogens (primary N) is 1. The first kappa shape index (κ1) is 14.7. The van der Waals surface area contributed by atoms with Gasteiger partial charge in [-0.1, -0.05) is 5.11 Å². The first-order valence-corrected chi connectivity index (χ1v) is 5.38. The Kier molecular flexibility index (Phi) is 5.07. The van der Waals surface area contributed by atoms with E-state index in [2.05, 4.69) is 10.0 Å². The topological polar surface area (TPSA) is 158 Å². The van der Waals surface area contributed by atoms with Crippen LogP contribution in [0.1, 0.15) is 18.1 Å². The van der Waals surface area contributed by atoms with Crippen LogP contribution >= 0.6 is 0 Å². The largest absolute Gasteiger partial charge is 0.399 e. The molecule has 0 fully saturated rings. The van der Waals surface area contributed by atoms with Gasteiger partial charge in [0.15, 0.2) is 0 Å². The van der Waals surface area contributed by atoms with Crippen molar-refractivity contribution in [1.29, 1.82) is 0 Å². The molecule has 0 spiro atoms. The maximum Gasteiger partial charge on any atom is 0.277 e. The highest BCUT2D eigenvalue weighted by molar-refractivity contribution is 5.53. The molecule has 1 aromatic rings. The Balaban J connectivity index is 2.95. The molecule has 0 aliphatic carbocycles. The lowest BCUT2D eigenvalue weighted by atomic mass is 10.00. The molecule has 2 atom stereocenters. The van der Waals surface area contributed by atoms with Gasteiger partial charge in [0.05, 0.1) is 16.6 Å². The molecule has 9 heteroatoms. The van der Waals surface area contributed by atoms with E-state index in [1.54, 1.807) is 0 Å². The van der Waals surface area contributed by atoms with E-state index in [0.29, 0.717) is 0 Å². The number of nitrogen functional groups attached to an aromatic ring is 1. The van der Waals surface area contributed by atoms with Crippen LogP contribution in [0.5, 0.6) is 0 Å². The highest BCUT2D eigenvalue weighted by Crippen LogP contribution is 2.30. The number of aliphatic hydroxyl groups is 2. The lowest BCUT2D eigenvalue weighted by molar-refractivity contribution is -0.386. The fourth-order valence-corrected chi connectivity index (χ4v) is 1.57. The van der Waals surface area contributed by atoms with Crippen LogP contribution in [0.2, 0.25) is 0 Å². The predicted octanol–water partition coefficient (Wildman–Crippen LogP) is 1.27. The molecule has 0 bridgehead atoms. The Morgan fingerprint density at radius 2 is 2.21 bits per heavy atom. The van der Waals surface area contributed by atoms with Gasteiger partial charge in [-0.3, -0.25) is 10.1 Å². The molecular formula is C10H13N5O4. The van der Waals surface area contributed by atoms with Crippen molar-refractivity contribution in [3.63, 3.8) is 0 Å². The third-order valence-corrected chi connectivity index (χ3v) is 2.52. The third kappa shape index (κ3) is 3.81. The Labute approximate surface area is 108 Å². The Morgan fingerprint density at radius 3 is 2.79 bits per heavy atom. The Morgan fingerprint density at radius 1 is 1.53 bits per heavy atom. The molecule has 0 saturated carbocycles. The summed E-state index contributed by atoms with van der Waals surface area (Å²) in [6, 6.07) is 3.79. The van der Waals surface area contributed by atoms with Crippen LogP contribution in [0.25, 0.3) is 10.4 Å². The van der Waals surface area contributed by atoms with Crippen LogP contribution in [0, 0.1) is 10.1 Å². The van der Waals surface area contributed by atoms with Crippen molar-refractivity contribution in [2.45, 2.75) is 18.6 Å².